The van der Waals surface area contributed by atoms with Gasteiger partial charge in [0.25, 0.3) is 0 Å². The number of carboxylic acid groups (broad SMARTS) is 1. The fourth-order valence-electron chi connectivity index (χ4n) is 1.94. The van der Waals surface area contributed by atoms with Crippen LogP contribution in [-0.2, 0) is 19.4 Å². The number of amides is 1. The highest BCUT2D eigenvalue weighted by Crippen LogP contribution is 2.26. The Bertz CT molecular complexity index is 521. The van der Waals surface area contributed by atoms with Crippen molar-refractivity contribution in [1.82, 2.24) is 5.32 Å². The SMILES string of the molecule is CC(C)(CNC(=O)C1CC=CCC1C(=O)O)S(C)(=O)=O. The summed E-state index contributed by atoms with van der Waals surface area (Å²) in [5.41, 5.74) is 0. The number of carboxylic acids is 1. The van der Waals surface area contributed by atoms with Gasteiger partial charge in [0, 0.05) is 12.8 Å². The summed E-state index contributed by atoms with van der Waals surface area (Å²) in [7, 11) is -3.30. The third kappa shape index (κ3) is 3.82. The van der Waals surface area contributed by atoms with Crippen LogP contribution in [0.15, 0.2) is 12.2 Å². The van der Waals surface area contributed by atoms with Crippen LogP contribution >= 0.6 is 0 Å². The zero-order chi connectivity index (χ0) is 15.6. The fourth-order valence-corrected chi connectivity index (χ4v) is 2.27. The van der Waals surface area contributed by atoms with Crippen LogP contribution in [-0.4, -0.2) is 42.9 Å². The van der Waals surface area contributed by atoms with Crippen LogP contribution in [0, 0.1) is 11.8 Å². The van der Waals surface area contributed by atoms with E-state index in [9.17, 15) is 18.0 Å². The first-order valence-corrected chi connectivity index (χ1v) is 8.30. The molecule has 0 bridgehead atoms. The molecule has 6 nitrogen and oxygen atoms in total. The van der Waals surface area contributed by atoms with E-state index >= 15 is 0 Å². The summed E-state index contributed by atoms with van der Waals surface area (Å²) in [4.78, 5) is 23.2. The molecule has 0 saturated heterocycles. The Morgan fingerprint density at radius 1 is 1.25 bits per heavy atom. The Kier molecular flexibility index (Phi) is 4.96. The predicted molar refractivity (Wildman–Crippen MR) is 74.9 cm³/mol. The van der Waals surface area contributed by atoms with Crippen molar-refractivity contribution in [1.29, 1.82) is 0 Å². The molecule has 2 atom stereocenters. The van der Waals surface area contributed by atoms with E-state index in [1.807, 2.05) is 0 Å². The first-order chi connectivity index (χ1) is 9.06. The zero-order valence-corrected chi connectivity index (χ0v) is 12.7. The number of sulfone groups is 1. The lowest BCUT2D eigenvalue weighted by atomic mass is 9.82. The van der Waals surface area contributed by atoms with Gasteiger partial charge in [0.1, 0.15) is 0 Å². The molecule has 7 heteroatoms. The van der Waals surface area contributed by atoms with Gasteiger partial charge >= 0.3 is 5.97 Å². The first kappa shape index (κ1) is 16.7. The van der Waals surface area contributed by atoms with Crippen LogP contribution in [0.25, 0.3) is 0 Å². The molecule has 0 aliphatic heterocycles. The maximum Gasteiger partial charge on any atom is 0.307 e. The Hall–Kier alpha value is -1.37. The van der Waals surface area contributed by atoms with E-state index in [-0.39, 0.29) is 6.54 Å². The number of hydrogen-bond acceptors (Lipinski definition) is 4. The second-order valence-electron chi connectivity index (χ2n) is 5.74. The second-order valence-corrected chi connectivity index (χ2v) is 8.39. The highest BCUT2D eigenvalue weighted by atomic mass is 32.2. The van der Waals surface area contributed by atoms with Crippen LogP contribution in [0.2, 0.25) is 0 Å². The summed E-state index contributed by atoms with van der Waals surface area (Å²) >= 11 is 0. The molecule has 1 amide bonds. The van der Waals surface area contributed by atoms with Crippen molar-refractivity contribution in [3.05, 3.63) is 12.2 Å². The van der Waals surface area contributed by atoms with Gasteiger partial charge in [-0.25, -0.2) is 8.42 Å². The number of carbonyl (C=O) groups is 2. The third-order valence-corrected chi connectivity index (χ3v) is 5.93. The average Bonchev–Trinajstić information content (AvgIpc) is 2.34. The molecule has 1 aliphatic rings. The molecule has 0 aromatic carbocycles. The monoisotopic (exact) mass is 303 g/mol. The highest BCUT2D eigenvalue weighted by molar-refractivity contribution is 7.92. The van der Waals surface area contributed by atoms with Crippen LogP contribution in [0.3, 0.4) is 0 Å². The van der Waals surface area contributed by atoms with Gasteiger partial charge < -0.3 is 10.4 Å². The minimum Gasteiger partial charge on any atom is -0.481 e. The van der Waals surface area contributed by atoms with Crippen molar-refractivity contribution in [3.63, 3.8) is 0 Å². The van der Waals surface area contributed by atoms with Crippen molar-refractivity contribution in [2.75, 3.05) is 12.8 Å². The molecular formula is C13H21NO5S. The summed E-state index contributed by atoms with van der Waals surface area (Å²) in [5.74, 6) is -2.80. The topological polar surface area (TPSA) is 101 Å². The molecule has 1 aliphatic carbocycles. The minimum absolute atomic E-state index is 0.0305. The van der Waals surface area contributed by atoms with Gasteiger partial charge in [0.15, 0.2) is 9.84 Å². The fraction of sp³-hybridized carbons (Fsp3) is 0.692. The van der Waals surface area contributed by atoms with Crippen LogP contribution in [0.1, 0.15) is 26.7 Å². The number of allylic oxidation sites excluding steroid dienone is 2. The molecule has 2 N–H and O–H groups in total. The molecule has 1 rings (SSSR count). The molecule has 114 valence electrons. The predicted octanol–water partition coefficient (Wildman–Crippen LogP) is 0.593. The number of nitrogens with one attached hydrogen (secondary N) is 1. The molecule has 2 unspecified atom stereocenters. The van der Waals surface area contributed by atoms with Gasteiger partial charge in [-0.05, 0) is 26.7 Å². The van der Waals surface area contributed by atoms with Crippen molar-refractivity contribution in [3.8, 4) is 0 Å². The van der Waals surface area contributed by atoms with E-state index in [4.69, 9.17) is 5.11 Å². The van der Waals surface area contributed by atoms with Gasteiger partial charge in [0.05, 0.1) is 16.6 Å². The Morgan fingerprint density at radius 3 is 2.20 bits per heavy atom. The van der Waals surface area contributed by atoms with Crippen LogP contribution < -0.4 is 5.32 Å². The molecule has 20 heavy (non-hydrogen) atoms. The highest BCUT2D eigenvalue weighted by Gasteiger charge is 2.36. The van der Waals surface area contributed by atoms with Crippen LogP contribution in [0.5, 0.6) is 0 Å². The van der Waals surface area contributed by atoms with Gasteiger partial charge in [-0.15, -0.1) is 0 Å². The summed E-state index contributed by atoms with van der Waals surface area (Å²) in [6.45, 7) is 3.02. The van der Waals surface area contributed by atoms with Crippen molar-refractivity contribution in [2.24, 2.45) is 11.8 Å². The molecule has 0 heterocycles. The molecular weight excluding hydrogens is 282 g/mol. The van der Waals surface area contributed by atoms with E-state index in [1.54, 1.807) is 12.2 Å². The van der Waals surface area contributed by atoms with Gasteiger partial charge in [-0.3, -0.25) is 9.59 Å². The second kappa shape index (κ2) is 5.95. The molecule has 0 aromatic rings. The summed E-state index contributed by atoms with van der Waals surface area (Å²) in [6.07, 6.45) is 5.34. The maximum absolute atomic E-state index is 12.1. The number of hydrogen-bond donors (Lipinski definition) is 2. The standard InChI is InChI=1S/C13H21NO5S/c1-13(2,20(3,18)19)8-14-11(15)9-6-4-5-7-10(9)12(16)17/h4-5,9-10H,6-8H2,1-3H3,(H,14,15)(H,16,17). The number of rotatable bonds is 5. The number of carbonyl (C=O) groups excluding carboxylic acids is 1. The number of aliphatic carboxylic acids is 1. The Morgan fingerprint density at radius 2 is 1.75 bits per heavy atom. The molecule has 0 saturated carbocycles. The zero-order valence-electron chi connectivity index (χ0n) is 11.9. The Balaban J connectivity index is 2.72. The molecule has 0 aromatic heterocycles. The largest absolute Gasteiger partial charge is 0.481 e. The summed E-state index contributed by atoms with van der Waals surface area (Å²) in [5, 5.41) is 11.7. The van der Waals surface area contributed by atoms with Crippen molar-refractivity contribution >= 4 is 21.7 Å². The van der Waals surface area contributed by atoms with Gasteiger partial charge in [-0.1, -0.05) is 12.2 Å². The lowest BCUT2D eigenvalue weighted by Gasteiger charge is -2.27. The van der Waals surface area contributed by atoms with E-state index < -0.39 is 38.3 Å². The van der Waals surface area contributed by atoms with Crippen LogP contribution in [0.4, 0.5) is 0 Å². The minimum atomic E-state index is -3.30. The lowest BCUT2D eigenvalue weighted by molar-refractivity contribution is -0.147. The molecule has 0 spiro atoms. The quantitative estimate of drug-likeness (QED) is 0.724. The van der Waals surface area contributed by atoms with E-state index in [2.05, 4.69) is 5.32 Å². The van der Waals surface area contributed by atoms with Crippen molar-refractivity contribution in [2.45, 2.75) is 31.4 Å². The van der Waals surface area contributed by atoms with Gasteiger partial charge in [-0.2, -0.15) is 0 Å². The first-order valence-electron chi connectivity index (χ1n) is 6.41. The van der Waals surface area contributed by atoms with E-state index in [0.29, 0.717) is 12.8 Å². The molecule has 0 radical (unpaired) electrons. The van der Waals surface area contributed by atoms with E-state index in [0.717, 1.165) is 6.26 Å². The summed E-state index contributed by atoms with van der Waals surface area (Å²) in [6, 6.07) is 0. The average molecular weight is 303 g/mol. The summed E-state index contributed by atoms with van der Waals surface area (Å²) < 4.78 is 22.0. The van der Waals surface area contributed by atoms with Gasteiger partial charge in [0.2, 0.25) is 5.91 Å². The van der Waals surface area contributed by atoms with Crippen molar-refractivity contribution < 1.29 is 23.1 Å². The Labute approximate surface area is 119 Å². The smallest absolute Gasteiger partial charge is 0.307 e. The third-order valence-electron chi connectivity index (χ3n) is 3.78. The lowest BCUT2D eigenvalue weighted by Crippen LogP contribution is -2.47. The molecule has 0 fully saturated rings. The normalized spacial score (nSPS) is 23.4. The van der Waals surface area contributed by atoms with E-state index in [1.165, 1.54) is 13.8 Å². The maximum atomic E-state index is 12.1.